The lowest BCUT2D eigenvalue weighted by Crippen LogP contribution is -2.26. The first-order valence-corrected chi connectivity index (χ1v) is 5.70. The van der Waals surface area contributed by atoms with E-state index in [1.807, 2.05) is 6.07 Å². The lowest BCUT2D eigenvalue weighted by molar-refractivity contribution is -0.384. The Bertz CT molecular complexity index is 375. The summed E-state index contributed by atoms with van der Waals surface area (Å²) in [4.78, 5) is 10.2. The van der Waals surface area contributed by atoms with Crippen molar-refractivity contribution in [1.82, 2.24) is 5.32 Å². The van der Waals surface area contributed by atoms with Gasteiger partial charge >= 0.3 is 0 Å². The predicted octanol–water partition coefficient (Wildman–Crippen LogP) is 2.48. The van der Waals surface area contributed by atoms with Crippen LogP contribution in [0, 0.1) is 16.0 Å². The molecule has 1 aromatic rings. The number of nitrogens with zero attached hydrogens (tertiary/aromatic N) is 1. The highest BCUT2D eigenvalue weighted by molar-refractivity contribution is 5.34. The molecule has 1 fully saturated rings. The molecule has 4 heteroatoms. The largest absolute Gasteiger partial charge is 0.312 e. The van der Waals surface area contributed by atoms with E-state index in [9.17, 15) is 10.1 Å². The van der Waals surface area contributed by atoms with Gasteiger partial charge in [-0.3, -0.25) is 10.1 Å². The van der Waals surface area contributed by atoms with Crippen LogP contribution in [0.2, 0.25) is 0 Å². The van der Waals surface area contributed by atoms with Crippen LogP contribution in [0.15, 0.2) is 24.3 Å². The van der Waals surface area contributed by atoms with E-state index >= 15 is 0 Å². The Morgan fingerprint density at radius 2 is 2.25 bits per heavy atom. The van der Waals surface area contributed by atoms with Crippen LogP contribution in [-0.4, -0.2) is 11.5 Å². The molecule has 1 aliphatic carbocycles. The second-order valence-corrected chi connectivity index (χ2v) is 4.35. The van der Waals surface area contributed by atoms with E-state index < -0.39 is 0 Å². The minimum Gasteiger partial charge on any atom is -0.312 e. The maximum Gasteiger partial charge on any atom is 0.269 e. The summed E-state index contributed by atoms with van der Waals surface area (Å²) in [6, 6.07) is 6.81. The fraction of sp³-hybridized carbons (Fsp3) is 0.500. The van der Waals surface area contributed by atoms with Crippen LogP contribution in [-0.2, 0) is 6.54 Å². The minimum atomic E-state index is -0.352. The van der Waals surface area contributed by atoms with Gasteiger partial charge in [0.2, 0.25) is 0 Å². The van der Waals surface area contributed by atoms with Gasteiger partial charge in [0.25, 0.3) is 5.69 Å². The van der Waals surface area contributed by atoms with Gasteiger partial charge in [-0.1, -0.05) is 18.6 Å². The average molecular weight is 220 g/mol. The van der Waals surface area contributed by atoms with Gasteiger partial charge in [-0.15, -0.1) is 0 Å². The van der Waals surface area contributed by atoms with Crippen LogP contribution in [0.5, 0.6) is 0 Å². The highest BCUT2D eigenvalue weighted by Gasteiger charge is 2.16. The molecule has 0 radical (unpaired) electrons. The summed E-state index contributed by atoms with van der Waals surface area (Å²) in [5.74, 6) is 0.818. The molecule has 0 saturated heterocycles. The zero-order valence-electron chi connectivity index (χ0n) is 9.19. The van der Waals surface area contributed by atoms with Crippen molar-refractivity contribution in [2.75, 3.05) is 6.54 Å². The molecule has 0 amide bonds. The molecule has 4 nitrogen and oxygen atoms in total. The third-order valence-corrected chi connectivity index (χ3v) is 3.11. The smallest absolute Gasteiger partial charge is 0.269 e. The van der Waals surface area contributed by atoms with Gasteiger partial charge in [0, 0.05) is 18.7 Å². The van der Waals surface area contributed by atoms with Gasteiger partial charge in [-0.25, -0.2) is 0 Å². The molecule has 1 N–H and O–H groups in total. The average Bonchev–Trinajstić information content (AvgIpc) is 2.22. The van der Waals surface area contributed by atoms with Crippen molar-refractivity contribution in [2.24, 2.45) is 5.92 Å². The molecule has 86 valence electrons. The van der Waals surface area contributed by atoms with E-state index in [0.717, 1.165) is 24.6 Å². The molecule has 0 spiro atoms. The zero-order valence-corrected chi connectivity index (χ0v) is 9.19. The molecular weight excluding hydrogens is 204 g/mol. The van der Waals surface area contributed by atoms with Crippen molar-refractivity contribution >= 4 is 5.69 Å². The van der Waals surface area contributed by atoms with Crippen molar-refractivity contribution < 1.29 is 4.92 Å². The van der Waals surface area contributed by atoms with Crippen LogP contribution in [0.4, 0.5) is 5.69 Å². The van der Waals surface area contributed by atoms with Crippen molar-refractivity contribution in [3.63, 3.8) is 0 Å². The molecule has 1 aromatic carbocycles. The number of hydrogen-bond acceptors (Lipinski definition) is 3. The molecule has 0 atom stereocenters. The summed E-state index contributed by atoms with van der Waals surface area (Å²) in [5.41, 5.74) is 1.15. The number of nitro groups is 1. The van der Waals surface area contributed by atoms with Crippen LogP contribution >= 0.6 is 0 Å². The van der Waals surface area contributed by atoms with Gasteiger partial charge in [0.05, 0.1) is 4.92 Å². The summed E-state index contributed by atoms with van der Waals surface area (Å²) in [7, 11) is 0. The highest BCUT2D eigenvalue weighted by Crippen LogP contribution is 2.25. The quantitative estimate of drug-likeness (QED) is 0.612. The molecular formula is C12H16N2O2. The lowest BCUT2D eigenvalue weighted by Gasteiger charge is -2.25. The van der Waals surface area contributed by atoms with Crippen molar-refractivity contribution in [1.29, 1.82) is 0 Å². The second-order valence-electron chi connectivity index (χ2n) is 4.35. The van der Waals surface area contributed by atoms with Gasteiger partial charge < -0.3 is 5.32 Å². The van der Waals surface area contributed by atoms with E-state index in [0.29, 0.717) is 0 Å². The fourth-order valence-corrected chi connectivity index (χ4v) is 1.90. The molecule has 1 saturated carbocycles. The first-order valence-electron chi connectivity index (χ1n) is 5.70. The van der Waals surface area contributed by atoms with Crippen LogP contribution in [0.1, 0.15) is 24.8 Å². The highest BCUT2D eigenvalue weighted by atomic mass is 16.6. The second kappa shape index (κ2) is 5.07. The Hall–Kier alpha value is -1.42. The third-order valence-electron chi connectivity index (χ3n) is 3.11. The molecule has 0 aromatic heterocycles. The SMILES string of the molecule is O=[N+]([O-])c1cccc(CNCC2CCC2)c1. The van der Waals surface area contributed by atoms with E-state index in [4.69, 9.17) is 0 Å². The van der Waals surface area contributed by atoms with Crippen molar-refractivity contribution in [3.05, 3.63) is 39.9 Å². The monoisotopic (exact) mass is 220 g/mol. The number of nitrogens with one attached hydrogen (secondary N) is 1. The van der Waals surface area contributed by atoms with E-state index in [-0.39, 0.29) is 10.6 Å². The molecule has 1 aliphatic rings. The molecule has 16 heavy (non-hydrogen) atoms. The van der Waals surface area contributed by atoms with Crippen molar-refractivity contribution in [3.8, 4) is 0 Å². The maximum atomic E-state index is 10.6. The summed E-state index contributed by atoms with van der Waals surface area (Å²) < 4.78 is 0. The number of benzene rings is 1. The molecule has 0 bridgehead atoms. The van der Waals surface area contributed by atoms with E-state index in [1.54, 1.807) is 12.1 Å². The molecule has 0 aliphatic heterocycles. The fourth-order valence-electron chi connectivity index (χ4n) is 1.90. The zero-order chi connectivity index (χ0) is 11.4. The number of rotatable bonds is 5. The van der Waals surface area contributed by atoms with Crippen LogP contribution < -0.4 is 5.32 Å². The van der Waals surface area contributed by atoms with Gasteiger partial charge in [0.1, 0.15) is 0 Å². The standard InChI is InChI=1S/C12H16N2O2/c15-14(16)12-6-2-5-11(7-12)9-13-8-10-3-1-4-10/h2,5-7,10,13H,1,3-4,8-9H2. The summed E-state index contributed by atoms with van der Waals surface area (Å²) in [6.45, 7) is 1.75. The molecule has 0 unspecified atom stereocenters. The topological polar surface area (TPSA) is 55.2 Å². The Balaban J connectivity index is 1.83. The Morgan fingerprint density at radius 3 is 2.88 bits per heavy atom. The van der Waals surface area contributed by atoms with E-state index in [1.165, 1.54) is 25.3 Å². The predicted molar refractivity (Wildman–Crippen MR) is 62.1 cm³/mol. The van der Waals surface area contributed by atoms with Crippen LogP contribution in [0.25, 0.3) is 0 Å². The summed E-state index contributed by atoms with van der Waals surface area (Å²) in [6.07, 6.45) is 3.99. The summed E-state index contributed by atoms with van der Waals surface area (Å²) in [5, 5.41) is 13.9. The van der Waals surface area contributed by atoms with Crippen molar-refractivity contribution in [2.45, 2.75) is 25.8 Å². The van der Waals surface area contributed by atoms with Gasteiger partial charge in [0.15, 0.2) is 0 Å². The molecule has 2 rings (SSSR count). The van der Waals surface area contributed by atoms with E-state index in [2.05, 4.69) is 5.32 Å². The van der Waals surface area contributed by atoms with Crippen LogP contribution in [0.3, 0.4) is 0 Å². The van der Waals surface area contributed by atoms with Gasteiger partial charge in [-0.2, -0.15) is 0 Å². The summed E-state index contributed by atoms with van der Waals surface area (Å²) >= 11 is 0. The lowest BCUT2D eigenvalue weighted by atomic mass is 9.85. The van der Waals surface area contributed by atoms with Gasteiger partial charge in [-0.05, 0) is 30.9 Å². The molecule has 0 heterocycles. The first-order chi connectivity index (χ1) is 7.75. The Labute approximate surface area is 94.8 Å². The Morgan fingerprint density at radius 1 is 1.44 bits per heavy atom. The third kappa shape index (κ3) is 2.79. The normalized spacial score (nSPS) is 15.8. The Kier molecular flexibility index (Phi) is 3.51. The minimum absolute atomic E-state index is 0.169. The number of hydrogen-bond donors (Lipinski definition) is 1. The maximum absolute atomic E-state index is 10.6. The number of non-ortho nitro benzene ring substituents is 1. The number of nitro benzene ring substituents is 1. The first kappa shape index (κ1) is 11.1.